The minimum absolute atomic E-state index is 0.132. The molecule has 0 radical (unpaired) electrons. The molecule has 20 heavy (non-hydrogen) atoms. The van der Waals surface area contributed by atoms with Crippen LogP contribution in [0.2, 0.25) is 0 Å². The van der Waals surface area contributed by atoms with Crippen LogP contribution in [0, 0.1) is 11.3 Å². The van der Waals surface area contributed by atoms with Crippen LogP contribution in [0.1, 0.15) is 6.42 Å². The molecule has 1 N–H and O–H groups in total. The second kappa shape index (κ2) is 6.78. The van der Waals surface area contributed by atoms with Crippen LogP contribution in [0.4, 0.5) is 5.69 Å². The zero-order chi connectivity index (χ0) is 14.4. The SMILES string of the molecule is CSc1ccc(-c2cccc(NC(=O)CC#N)c2)cc1. The fourth-order valence-corrected chi connectivity index (χ4v) is 2.25. The van der Waals surface area contributed by atoms with E-state index < -0.39 is 0 Å². The fourth-order valence-electron chi connectivity index (χ4n) is 1.84. The maximum atomic E-state index is 11.4. The zero-order valence-corrected chi connectivity index (χ0v) is 11.9. The number of nitrogens with zero attached hydrogens (tertiary/aromatic N) is 1. The van der Waals surface area contributed by atoms with Crippen molar-refractivity contribution < 1.29 is 4.79 Å². The number of amides is 1. The smallest absolute Gasteiger partial charge is 0.238 e. The zero-order valence-electron chi connectivity index (χ0n) is 11.1. The molecule has 3 nitrogen and oxygen atoms in total. The van der Waals surface area contributed by atoms with Crippen molar-refractivity contribution in [3.8, 4) is 17.2 Å². The van der Waals surface area contributed by atoms with Crippen LogP contribution in [0.15, 0.2) is 53.4 Å². The highest BCUT2D eigenvalue weighted by Crippen LogP contribution is 2.25. The van der Waals surface area contributed by atoms with Crippen molar-refractivity contribution in [2.75, 3.05) is 11.6 Å². The molecule has 0 aliphatic heterocycles. The lowest BCUT2D eigenvalue weighted by Gasteiger charge is -2.07. The monoisotopic (exact) mass is 282 g/mol. The molecule has 0 saturated heterocycles. The van der Waals surface area contributed by atoms with Crippen molar-refractivity contribution in [3.05, 3.63) is 48.5 Å². The Labute approximate surface area is 122 Å². The van der Waals surface area contributed by atoms with Crippen molar-refractivity contribution >= 4 is 23.4 Å². The summed E-state index contributed by atoms with van der Waals surface area (Å²) < 4.78 is 0. The minimum Gasteiger partial charge on any atom is -0.325 e. The highest BCUT2D eigenvalue weighted by Gasteiger charge is 2.03. The van der Waals surface area contributed by atoms with Gasteiger partial charge in [-0.2, -0.15) is 5.26 Å². The average Bonchev–Trinajstić information content (AvgIpc) is 2.48. The molecule has 0 aromatic heterocycles. The van der Waals surface area contributed by atoms with Crippen LogP contribution in [-0.4, -0.2) is 12.2 Å². The van der Waals surface area contributed by atoms with Crippen molar-refractivity contribution in [3.63, 3.8) is 0 Å². The lowest BCUT2D eigenvalue weighted by atomic mass is 10.1. The summed E-state index contributed by atoms with van der Waals surface area (Å²) in [6, 6.07) is 17.7. The van der Waals surface area contributed by atoms with E-state index in [9.17, 15) is 4.79 Å². The van der Waals surface area contributed by atoms with Crippen molar-refractivity contribution in [2.24, 2.45) is 0 Å². The van der Waals surface area contributed by atoms with Crippen LogP contribution in [0.3, 0.4) is 0 Å². The molecule has 1 amide bonds. The van der Waals surface area contributed by atoms with E-state index in [1.807, 2.05) is 36.6 Å². The van der Waals surface area contributed by atoms with Crippen LogP contribution in [-0.2, 0) is 4.79 Å². The minimum atomic E-state index is -0.289. The maximum Gasteiger partial charge on any atom is 0.238 e. The van der Waals surface area contributed by atoms with Gasteiger partial charge in [0, 0.05) is 10.6 Å². The number of benzene rings is 2. The molecule has 100 valence electrons. The highest BCUT2D eigenvalue weighted by molar-refractivity contribution is 7.98. The van der Waals surface area contributed by atoms with Crippen LogP contribution >= 0.6 is 11.8 Å². The Morgan fingerprint density at radius 1 is 1.20 bits per heavy atom. The average molecular weight is 282 g/mol. The Morgan fingerprint density at radius 2 is 1.95 bits per heavy atom. The van der Waals surface area contributed by atoms with Gasteiger partial charge in [-0.15, -0.1) is 11.8 Å². The lowest BCUT2D eigenvalue weighted by molar-refractivity contribution is -0.115. The predicted molar refractivity (Wildman–Crippen MR) is 82.5 cm³/mol. The molecule has 0 bridgehead atoms. The third-order valence-electron chi connectivity index (χ3n) is 2.81. The number of thioether (sulfide) groups is 1. The van der Waals surface area contributed by atoms with Gasteiger partial charge in [0.1, 0.15) is 6.42 Å². The lowest BCUT2D eigenvalue weighted by Crippen LogP contribution is -2.09. The number of nitriles is 1. The van der Waals surface area contributed by atoms with Gasteiger partial charge in [-0.3, -0.25) is 4.79 Å². The topological polar surface area (TPSA) is 52.9 Å². The van der Waals surface area contributed by atoms with E-state index in [0.717, 1.165) is 11.1 Å². The molecule has 2 aromatic rings. The Morgan fingerprint density at radius 3 is 2.60 bits per heavy atom. The Hall–Kier alpha value is -2.25. The molecule has 0 spiro atoms. The van der Waals surface area contributed by atoms with Crippen molar-refractivity contribution in [2.45, 2.75) is 11.3 Å². The molecule has 0 aliphatic rings. The largest absolute Gasteiger partial charge is 0.325 e. The van der Waals surface area contributed by atoms with Crippen LogP contribution in [0.25, 0.3) is 11.1 Å². The summed E-state index contributed by atoms with van der Waals surface area (Å²) in [6.07, 6.45) is 1.91. The molecule has 0 atom stereocenters. The van der Waals surface area contributed by atoms with E-state index in [1.165, 1.54) is 4.90 Å². The van der Waals surface area contributed by atoms with Gasteiger partial charge in [0.05, 0.1) is 6.07 Å². The number of rotatable bonds is 4. The summed E-state index contributed by atoms with van der Waals surface area (Å²) in [6.45, 7) is 0. The summed E-state index contributed by atoms with van der Waals surface area (Å²) in [7, 11) is 0. The first-order valence-electron chi connectivity index (χ1n) is 6.14. The number of hydrogen-bond donors (Lipinski definition) is 1. The first kappa shape index (κ1) is 14.2. The van der Waals surface area contributed by atoms with E-state index in [2.05, 4.69) is 29.6 Å². The summed E-state index contributed by atoms with van der Waals surface area (Å²) in [5.74, 6) is -0.289. The van der Waals surface area contributed by atoms with Gasteiger partial charge < -0.3 is 5.32 Å². The van der Waals surface area contributed by atoms with Gasteiger partial charge >= 0.3 is 0 Å². The van der Waals surface area contributed by atoms with Crippen molar-refractivity contribution in [1.82, 2.24) is 0 Å². The molecular formula is C16H14N2OS. The first-order chi connectivity index (χ1) is 9.72. The van der Waals surface area contributed by atoms with Crippen LogP contribution < -0.4 is 5.32 Å². The molecule has 0 aliphatic carbocycles. The summed E-state index contributed by atoms with van der Waals surface area (Å²) in [4.78, 5) is 12.6. The molecule has 0 unspecified atom stereocenters. The number of carbonyl (C=O) groups is 1. The maximum absolute atomic E-state index is 11.4. The normalized spacial score (nSPS) is 9.80. The number of hydrogen-bond acceptors (Lipinski definition) is 3. The van der Waals surface area contributed by atoms with E-state index in [0.29, 0.717) is 5.69 Å². The van der Waals surface area contributed by atoms with Gasteiger partial charge in [-0.25, -0.2) is 0 Å². The van der Waals surface area contributed by atoms with Gasteiger partial charge in [0.2, 0.25) is 5.91 Å². The van der Waals surface area contributed by atoms with E-state index >= 15 is 0 Å². The van der Waals surface area contributed by atoms with Gasteiger partial charge in [0.15, 0.2) is 0 Å². The van der Waals surface area contributed by atoms with Gasteiger partial charge in [-0.1, -0.05) is 24.3 Å². The quantitative estimate of drug-likeness (QED) is 0.864. The molecule has 2 rings (SSSR count). The summed E-state index contributed by atoms with van der Waals surface area (Å²) >= 11 is 1.70. The highest BCUT2D eigenvalue weighted by atomic mass is 32.2. The predicted octanol–water partition coefficient (Wildman–Crippen LogP) is 3.93. The first-order valence-corrected chi connectivity index (χ1v) is 7.36. The second-order valence-electron chi connectivity index (χ2n) is 4.19. The van der Waals surface area contributed by atoms with E-state index in [-0.39, 0.29) is 12.3 Å². The van der Waals surface area contributed by atoms with E-state index in [4.69, 9.17) is 5.26 Å². The Bertz CT molecular complexity index is 644. The molecule has 4 heteroatoms. The standard InChI is InChI=1S/C16H14N2OS/c1-20-15-7-5-12(6-8-15)13-3-2-4-14(11-13)18-16(19)9-10-17/h2-8,11H,9H2,1H3,(H,18,19). The summed E-state index contributed by atoms with van der Waals surface area (Å²) in [5.41, 5.74) is 2.84. The number of anilines is 1. The van der Waals surface area contributed by atoms with E-state index in [1.54, 1.807) is 11.8 Å². The number of nitrogens with one attached hydrogen (secondary N) is 1. The Kier molecular flexibility index (Phi) is 4.80. The molecule has 0 heterocycles. The molecule has 0 saturated carbocycles. The third kappa shape index (κ3) is 3.62. The Balaban J connectivity index is 2.20. The van der Waals surface area contributed by atoms with Crippen molar-refractivity contribution in [1.29, 1.82) is 5.26 Å². The third-order valence-corrected chi connectivity index (χ3v) is 3.55. The summed E-state index contributed by atoms with van der Waals surface area (Å²) in [5, 5.41) is 11.2. The number of carbonyl (C=O) groups excluding carboxylic acids is 1. The van der Waals surface area contributed by atoms with Crippen LogP contribution in [0.5, 0.6) is 0 Å². The molecule has 2 aromatic carbocycles. The second-order valence-corrected chi connectivity index (χ2v) is 5.07. The fraction of sp³-hybridized carbons (Fsp3) is 0.125. The molecular weight excluding hydrogens is 268 g/mol. The van der Waals surface area contributed by atoms with Gasteiger partial charge in [0.25, 0.3) is 0 Å². The molecule has 0 fully saturated rings. The van der Waals surface area contributed by atoms with Gasteiger partial charge in [-0.05, 0) is 41.6 Å².